The zero-order valence-corrected chi connectivity index (χ0v) is 8.67. The minimum atomic E-state index is -0.141. The van der Waals surface area contributed by atoms with E-state index in [1.165, 1.54) is 0 Å². The fourth-order valence-electron chi connectivity index (χ4n) is 1.79. The van der Waals surface area contributed by atoms with Crippen LogP contribution in [-0.4, -0.2) is 34.7 Å². The van der Waals surface area contributed by atoms with Crippen LogP contribution in [0.4, 0.5) is 0 Å². The molecular weight excluding hydrogens is 150 g/mol. The van der Waals surface area contributed by atoms with Gasteiger partial charge < -0.3 is 5.11 Å². The monoisotopic (exact) mass is 171 g/mol. The van der Waals surface area contributed by atoms with Gasteiger partial charge in [0.05, 0.1) is 6.10 Å². The van der Waals surface area contributed by atoms with Gasteiger partial charge in [0.2, 0.25) is 0 Å². The van der Waals surface area contributed by atoms with Crippen molar-refractivity contribution >= 4 is 0 Å². The van der Waals surface area contributed by atoms with Gasteiger partial charge in [-0.1, -0.05) is 0 Å². The SMILES string of the molecule is CC(O)C1CCN(C(C)(C)C)C1. The van der Waals surface area contributed by atoms with E-state index in [1.807, 2.05) is 6.92 Å². The van der Waals surface area contributed by atoms with E-state index >= 15 is 0 Å². The van der Waals surface area contributed by atoms with Crippen molar-refractivity contribution in [3.63, 3.8) is 0 Å². The Morgan fingerprint density at radius 1 is 1.42 bits per heavy atom. The first-order valence-electron chi connectivity index (χ1n) is 4.84. The molecule has 1 saturated heterocycles. The quantitative estimate of drug-likeness (QED) is 0.646. The van der Waals surface area contributed by atoms with Crippen LogP contribution in [0.3, 0.4) is 0 Å². The van der Waals surface area contributed by atoms with E-state index in [9.17, 15) is 5.11 Å². The van der Waals surface area contributed by atoms with Crippen LogP contribution in [0.25, 0.3) is 0 Å². The van der Waals surface area contributed by atoms with Crippen molar-refractivity contribution in [3.8, 4) is 0 Å². The molecule has 0 aromatic heterocycles. The maximum atomic E-state index is 9.41. The Morgan fingerprint density at radius 3 is 2.25 bits per heavy atom. The summed E-state index contributed by atoms with van der Waals surface area (Å²) in [6.07, 6.45) is 1.01. The molecule has 72 valence electrons. The molecule has 0 amide bonds. The summed E-state index contributed by atoms with van der Waals surface area (Å²) in [5.74, 6) is 0.490. The predicted molar refractivity (Wildman–Crippen MR) is 51.1 cm³/mol. The summed E-state index contributed by atoms with van der Waals surface area (Å²) in [5.41, 5.74) is 0.267. The van der Waals surface area contributed by atoms with Gasteiger partial charge >= 0.3 is 0 Å². The van der Waals surface area contributed by atoms with Crippen LogP contribution >= 0.6 is 0 Å². The molecule has 2 heteroatoms. The molecule has 1 heterocycles. The van der Waals surface area contributed by atoms with Gasteiger partial charge in [0, 0.05) is 12.1 Å². The normalized spacial score (nSPS) is 29.2. The molecule has 1 rings (SSSR count). The molecule has 0 aromatic rings. The van der Waals surface area contributed by atoms with Crippen molar-refractivity contribution in [3.05, 3.63) is 0 Å². The van der Waals surface area contributed by atoms with E-state index < -0.39 is 0 Å². The molecule has 0 aliphatic carbocycles. The summed E-state index contributed by atoms with van der Waals surface area (Å²) >= 11 is 0. The third kappa shape index (κ3) is 2.20. The molecule has 1 aliphatic heterocycles. The van der Waals surface area contributed by atoms with Crippen LogP contribution in [-0.2, 0) is 0 Å². The second kappa shape index (κ2) is 3.35. The molecule has 2 atom stereocenters. The average molecular weight is 171 g/mol. The number of aliphatic hydroxyl groups is 1. The number of hydrogen-bond donors (Lipinski definition) is 1. The Labute approximate surface area is 75.6 Å². The summed E-state index contributed by atoms with van der Waals surface area (Å²) in [6, 6.07) is 0. The van der Waals surface area contributed by atoms with Crippen molar-refractivity contribution in [1.82, 2.24) is 4.90 Å². The van der Waals surface area contributed by atoms with Crippen LogP contribution in [0, 0.1) is 5.92 Å². The molecule has 0 bridgehead atoms. The molecule has 2 unspecified atom stereocenters. The van der Waals surface area contributed by atoms with E-state index in [0.29, 0.717) is 5.92 Å². The average Bonchev–Trinajstić information content (AvgIpc) is 2.30. The molecular formula is C10H21NO. The lowest BCUT2D eigenvalue weighted by Gasteiger charge is -2.32. The summed E-state index contributed by atoms with van der Waals surface area (Å²) in [6.45, 7) is 10.8. The Hall–Kier alpha value is -0.0800. The second-order valence-electron chi connectivity index (χ2n) is 4.91. The smallest absolute Gasteiger partial charge is 0.0552 e. The molecule has 1 N–H and O–H groups in total. The molecule has 1 fully saturated rings. The van der Waals surface area contributed by atoms with Crippen LogP contribution in [0.1, 0.15) is 34.1 Å². The third-order valence-corrected chi connectivity index (χ3v) is 2.86. The van der Waals surface area contributed by atoms with Gasteiger partial charge in [-0.2, -0.15) is 0 Å². The van der Waals surface area contributed by atoms with Crippen molar-refractivity contribution in [1.29, 1.82) is 0 Å². The van der Waals surface area contributed by atoms with E-state index in [2.05, 4.69) is 25.7 Å². The largest absolute Gasteiger partial charge is 0.393 e. The van der Waals surface area contributed by atoms with Crippen molar-refractivity contribution in [2.45, 2.75) is 45.8 Å². The lowest BCUT2D eigenvalue weighted by molar-refractivity contribution is 0.110. The first-order valence-corrected chi connectivity index (χ1v) is 4.84. The van der Waals surface area contributed by atoms with Gasteiger partial charge in [-0.25, -0.2) is 0 Å². The molecule has 0 saturated carbocycles. The zero-order valence-electron chi connectivity index (χ0n) is 8.67. The highest BCUT2D eigenvalue weighted by Gasteiger charge is 2.31. The Bertz CT molecular complexity index is 148. The molecule has 12 heavy (non-hydrogen) atoms. The van der Waals surface area contributed by atoms with E-state index in [0.717, 1.165) is 19.5 Å². The number of aliphatic hydroxyl groups excluding tert-OH is 1. The molecule has 2 nitrogen and oxygen atoms in total. The number of nitrogens with zero attached hydrogens (tertiary/aromatic N) is 1. The number of likely N-dealkylation sites (tertiary alicyclic amines) is 1. The first-order chi connectivity index (χ1) is 5.41. The molecule has 0 aromatic carbocycles. The fraction of sp³-hybridized carbons (Fsp3) is 1.00. The highest BCUT2D eigenvalue weighted by atomic mass is 16.3. The molecule has 1 aliphatic rings. The first kappa shape index (κ1) is 10.0. The zero-order chi connectivity index (χ0) is 9.35. The lowest BCUT2D eigenvalue weighted by atomic mass is 10.0. The summed E-state index contributed by atoms with van der Waals surface area (Å²) in [5, 5.41) is 9.41. The van der Waals surface area contributed by atoms with Crippen LogP contribution in [0.5, 0.6) is 0 Å². The summed E-state index contributed by atoms with van der Waals surface area (Å²) in [4.78, 5) is 2.45. The van der Waals surface area contributed by atoms with Crippen LogP contribution in [0.2, 0.25) is 0 Å². The standard InChI is InChI=1S/C10H21NO/c1-8(12)9-5-6-11(7-9)10(2,3)4/h8-9,12H,5-7H2,1-4H3. The molecule has 0 radical (unpaired) electrons. The van der Waals surface area contributed by atoms with Gasteiger partial charge in [-0.3, -0.25) is 4.90 Å². The highest BCUT2D eigenvalue weighted by molar-refractivity contribution is 4.86. The number of rotatable bonds is 1. The van der Waals surface area contributed by atoms with Gasteiger partial charge in [0.1, 0.15) is 0 Å². The van der Waals surface area contributed by atoms with Gasteiger partial charge in [-0.15, -0.1) is 0 Å². The Kier molecular flexibility index (Phi) is 2.79. The topological polar surface area (TPSA) is 23.5 Å². The maximum Gasteiger partial charge on any atom is 0.0552 e. The maximum absolute atomic E-state index is 9.41. The van der Waals surface area contributed by atoms with Crippen molar-refractivity contribution < 1.29 is 5.11 Å². The minimum absolute atomic E-state index is 0.141. The van der Waals surface area contributed by atoms with Crippen molar-refractivity contribution in [2.24, 2.45) is 5.92 Å². The Morgan fingerprint density at radius 2 is 2.00 bits per heavy atom. The van der Waals surface area contributed by atoms with Crippen LogP contribution in [0.15, 0.2) is 0 Å². The molecule has 0 spiro atoms. The van der Waals surface area contributed by atoms with E-state index in [-0.39, 0.29) is 11.6 Å². The van der Waals surface area contributed by atoms with Gasteiger partial charge in [0.25, 0.3) is 0 Å². The van der Waals surface area contributed by atoms with Crippen LogP contribution < -0.4 is 0 Å². The Balaban J connectivity index is 2.46. The third-order valence-electron chi connectivity index (χ3n) is 2.86. The van der Waals surface area contributed by atoms with Gasteiger partial charge in [-0.05, 0) is 46.6 Å². The lowest BCUT2D eigenvalue weighted by Crippen LogP contribution is -2.40. The minimum Gasteiger partial charge on any atom is -0.393 e. The van der Waals surface area contributed by atoms with Gasteiger partial charge in [0.15, 0.2) is 0 Å². The van der Waals surface area contributed by atoms with E-state index in [4.69, 9.17) is 0 Å². The summed E-state index contributed by atoms with van der Waals surface area (Å²) < 4.78 is 0. The highest BCUT2D eigenvalue weighted by Crippen LogP contribution is 2.26. The fourth-order valence-corrected chi connectivity index (χ4v) is 1.79. The second-order valence-corrected chi connectivity index (χ2v) is 4.91. The number of hydrogen-bond acceptors (Lipinski definition) is 2. The van der Waals surface area contributed by atoms with Crippen molar-refractivity contribution in [2.75, 3.05) is 13.1 Å². The summed E-state index contributed by atoms with van der Waals surface area (Å²) in [7, 11) is 0. The van der Waals surface area contributed by atoms with E-state index in [1.54, 1.807) is 0 Å². The predicted octanol–water partition coefficient (Wildman–Crippen LogP) is 1.49.